The molecule has 0 saturated heterocycles. The summed E-state index contributed by atoms with van der Waals surface area (Å²) in [5.74, 6) is 1.49. The summed E-state index contributed by atoms with van der Waals surface area (Å²) in [5.41, 5.74) is 12.4. The highest BCUT2D eigenvalue weighted by molar-refractivity contribution is 6.23. The van der Waals surface area contributed by atoms with Gasteiger partial charge in [0.1, 0.15) is 17.0 Å². The lowest BCUT2D eigenvalue weighted by molar-refractivity contribution is 0.670. The Morgan fingerprint density at radius 2 is 0.965 bits per heavy atom. The van der Waals surface area contributed by atoms with Gasteiger partial charge in [0.25, 0.3) is 0 Å². The maximum atomic E-state index is 6.44. The fourth-order valence-electron chi connectivity index (χ4n) is 8.79. The van der Waals surface area contributed by atoms with Gasteiger partial charge in [-0.25, -0.2) is 9.97 Å². The van der Waals surface area contributed by atoms with Crippen molar-refractivity contribution in [3.8, 4) is 45.3 Å². The molecule has 0 radical (unpaired) electrons. The molecule has 0 aliphatic carbocycles. The van der Waals surface area contributed by atoms with Gasteiger partial charge >= 0.3 is 0 Å². The molecule has 12 aromatic rings. The van der Waals surface area contributed by atoms with E-state index in [-0.39, 0.29) is 0 Å². The molecule has 0 aliphatic heterocycles. The zero-order valence-corrected chi connectivity index (χ0v) is 30.7. The average Bonchev–Trinajstić information content (AvgIpc) is 3.95. The van der Waals surface area contributed by atoms with Crippen LogP contribution in [-0.4, -0.2) is 19.1 Å². The molecule has 266 valence electrons. The predicted octanol–water partition coefficient (Wildman–Crippen LogP) is 13.6. The van der Waals surface area contributed by atoms with Crippen LogP contribution in [0, 0.1) is 0 Å². The molecule has 0 N–H and O–H groups in total. The van der Waals surface area contributed by atoms with Crippen molar-refractivity contribution < 1.29 is 4.42 Å². The molecule has 4 heterocycles. The Hall–Kier alpha value is -7.76. The summed E-state index contributed by atoms with van der Waals surface area (Å²) in [6.07, 6.45) is 0. The number of fused-ring (bicyclic) bond motifs is 10. The van der Waals surface area contributed by atoms with Gasteiger partial charge in [0.05, 0.1) is 27.8 Å². The normalized spacial score (nSPS) is 11.9. The zero-order valence-electron chi connectivity index (χ0n) is 30.7. The first-order valence-corrected chi connectivity index (χ1v) is 19.3. The smallest absolute Gasteiger partial charge is 0.162 e. The second kappa shape index (κ2) is 12.4. The summed E-state index contributed by atoms with van der Waals surface area (Å²) < 4.78 is 11.2. The minimum absolute atomic E-state index is 0.681. The lowest BCUT2D eigenvalue weighted by atomic mass is 10.0. The lowest BCUT2D eigenvalue weighted by Gasteiger charge is -2.14. The molecule has 5 nitrogen and oxygen atoms in total. The van der Waals surface area contributed by atoms with Gasteiger partial charge in [-0.15, -0.1) is 0 Å². The molecule has 0 aliphatic rings. The van der Waals surface area contributed by atoms with E-state index < -0.39 is 0 Å². The molecule has 0 amide bonds. The number of furan rings is 1. The largest absolute Gasteiger partial charge is 0.455 e. The highest BCUT2D eigenvalue weighted by Crippen LogP contribution is 2.43. The SMILES string of the molecule is c1ccc(-c2cc(-n3c4ccccc4c4ccc5c6ccccc6n(-c6ccc(-c7cccc8c7oc7ccccc78)cc6)c5c43)nc(-c3ccccc3)n2)cc1. The van der Waals surface area contributed by atoms with Crippen molar-refractivity contribution in [3.05, 3.63) is 194 Å². The first-order chi connectivity index (χ1) is 28.3. The zero-order chi connectivity index (χ0) is 37.5. The first-order valence-electron chi connectivity index (χ1n) is 19.3. The van der Waals surface area contributed by atoms with Crippen LogP contribution in [0.3, 0.4) is 0 Å². The standard InChI is InChI=1S/C52H32N4O/c1-3-14-34(15-4-1)44-32-48(54-52(53-44)35-16-5-2-6-17-35)56-46-24-11-8-19-39(46)42-31-30-41-38-18-7-10-23-45(38)55(49(41)50(42)56)36-28-26-33(27-29-36)37-21-13-22-43-40-20-9-12-25-47(40)57-51(37)43/h1-32H. The van der Waals surface area contributed by atoms with Crippen LogP contribution < -0.4 is 0 Å². The number of hydrogen-bond donors (Lipinski definition) is 0. The maximum Gasteiger partial charge on any atom is 0.162 e. The molecule has 0 bridgehead atoms. The van der Waals surface area contributed by atoms with Gasteiger partial charge in [0.2, 0.25) is 0 Å². The minimum Gasteiger partial charge on any atom is -0.455 e. The van der Waals surface area contributed by atoms with Crippen LogP contribution in [0.5, 0.6) is 0 Å². The topological polar surface area (TPSA) is 48.8 Å². The van der Waals surface area contributed by atoms with E-state index in [4.69, 9.17) is 14.4 Å². The highest BCUT2D eigenvalue weighted by Gasteiger charge is 2.23. The molecule has 5 heteroatoms. The van der Waals surface area contributed by atoms with Gasteiger partial charge in [-0.1, -0.05) is 158 Å². The van der Waals surface area contributed by atoms with Crippen LogP contribution in [0.25, 0.3) is 111 Å². The summed E-state index contributed by atoms with van der Waals surface area (Å²) in [4.78, 5) is 10.5. The highest BCUT2D eigenvalue weighted by atomic mass is 16.3. The third-order valence-corrected chi connectivity index (χ3v) is 11.4. The Morgan fingerprint density at radius 3 is 1.68 bits per heavy atom. The summed E-state index contributed by atoms with van der Waals surface area (Å²) in [6, 6.07) is 68.3. The minimum atomic E-state index is 0.681. The molecular weight excluding hydrogens is 697 g/mol. The Bertz CT molecular complexity index is 3450. The van der Waals surface area contributed by atoms with E-state index in [1.54, 1.807) is 0 Å². The van der Waals surface area contributed by atoms with Crippen LogP contribution in [0.15, 0.2) is 199 Å². The molecule has 4 aromatic heterocycles. The van der Waals surface area contributed by atoms with E-state index in [0.29, 0.717) is 5.82 Å². The Balaban J connectivity index is 1.14. The molecule has 0 spiro atoms. The van der Waals surface area contributed by atoms with Crippen LogP contribution in [-0.2, 0) is 0 Å². The lowest BCUT2D eigenvalue weighted by Crippen LogP contribution is -2.04. The molecule has 57 heavy (non-hydrogen) atoms. The summed E-state index contributed by atoms with van der Waals surface area (Å²) in [7, 11) is 0. The van der Waals surface area contributed by atoms with E-state index in [0.717, 1.165) is 88.8 Å². The first kappa shape index (κ1) is 31.6. The van der Waals surface area contributed by atoms with E-state index in [9.17, 15) is 0 Å². The van der Waals surface area contributed by atoms with Gasteiger partial charge in [-0.2, -0.15) is 0 Å². The number of hydrogen-bond acceptors (Lipinski definition) is 3. The van der Waals surface area contributed by atoms with Crippen molar-refractivity contribution >= 4 is 65.6 Å². The molecular formula is C52H32N4O. The van der Waals surface area contributed by atoms with Gasteiger partial charge in [-0.05, 0) is 35.9 Å². The molecule has 0 unspecified atom stereocenters. The van der Waals surface area contributed by atoms with E-state index >= 15 is 0 Å². The van der Waals surface area contributed by atoms with Crippen molar-refractivity contribution in [2.24, 2.45) is 0 Å². The quantitative estimate of drug-likeness (QED) is 0.177. The monoisotopic (exact) mass is 728 g/mol. The molecule has 12 rings (SSSR count). The van der Waals surface area contributed by atoms with Crippen LogP contribution in [0.1, 0.15) is 0 Å². The second-order valence-corrected chi connectivity index (χ2v) is 14.6. The van der Waals surface area contributed by atoms with Crippen LogP contribution >= 0.6 is 0 Å². The maximum absolute atomic E-state index is 6.44. The number of aromatic nitrogens is 4. The summed E-state index contributed by atoms with van der Waals surface area (Å²) >= 11 is 0. The fraction of sp³-hybridized carbons (Fsp3) is 0. The fourth-order valence-corrected chi connectivity index (χ4v) is 8.79. The van der Waals surface area contributed by atoms with Gasteiger partial charge in [-0.3, -0.25) is 4.57 Å². The van der Waals surface area contributed by atoms with Crippen molar-refractivity contribution in [2.45, 2.75) is 0 Å². The van der Waals surface area contributed by atoms with E-state index in [2.05, 4.69) is 167 Å². The molecule has 0 fully saturated rings. The number of nitrogens with zero attached hydrogens (tertiary/aromatic N) is 4. The molecule has 8 aromatic carbocycles. The van der Waals surface area contributed by atoms with E-state index in [1.807, 2.05) is 36.4 Å². The Morgan fingerprint density at radius 1 is 0.386 bits per heavy atom. The van der Waals surface area contributed by atoms with Crippen molar-refractivity contribution in [3.63, 3.8) is 0 Å². The predicted molar refractivity (Wildman–Crippen MR) is 234 cm³/mol. The van der Waals surface area contributed by atoms with Gasteiger partial charge < -0.3 is 8.98 Å². The number of benzene rings is 8. The third kappa shape index (κ3) is 4.82. The van der Waals surface area contributed by atoms with Crippen LogP contribution in [0.4, 0.5) is 0 Å². The number of rotatable bonds is 5. The van der Waals surface area contributed by atoms with Gasteiger partial charge in [0.15, 0.2) is 5.82 Å². The molecule has 0 atom stereocenters. The Labute approximate surface area is 327 Å². The second-order valence-electron chi connectivity index (χ2n) is 14.6. The van der Waals surface area contributed by atoms with Crippen molar-refractivity contribution in [1.82, 2.24) is 19.1 Å². The van der Waals surface area contributed by atoms with Gasteiger partial charge in [0, 0.05) is 60.8 Å². The van der Waals surface area contributed by atoms with E-state index in [1.165, 1.54) is 16.2 Å². The van der Waals surface area contributed by atoms with Crippen molar-refractivity contribution in [1.29, 1.82) is 0 Å². The average molecular weight is 729 g/mol. The van der Waals surface area contributed by atoms with Crippen molar-refractivity contribution in [2.75, 3.05) is 0 Å². The summed E-state index contributed by atoms with van der Waals surface area (Å²) in [6.45, 7) is 0. The summed E-state index contributed by atoms with van der Waals surface area (Å²) in [5, 5.41) is 6.96. The Kier molecular flexibility index (Phi) is 6.86. The third-order valence-electron chi connectivity index (χ3n) is 11.4. The number of para-hydroxylation sites is 4. The molecule has 0 saturated carbocycles. The van der Waals surface area contributed by atoms with Crippen LogP contribution in [0.2, 0.25) is 0 Å².